The highest BCUT2D eigenvalue weighted by molar-refractivity contribution is 5.17. The molecule has 0 spiro atoms. The molecule has 1 atom stereocenters. The standard InChI is InChI=1S/C12H21N3O/c1-9(2)15-8-10(3)7-11-12(16-4)14-6-5-13-11/h5-6,9-10,15H,7-8H2,1-4H3. The smallest absolute Gasteiger partial charge is 0.235 e. The molecule has 4 heteroatoms. The van der Waals surface area contributed by atoms with Gasteiger partial charge in [-0.05, 0) is 18.9 Å². The number of hydrogen-bond donors (Lipinski definition) is 1. The summed E-state index contributed by atoms with van der Waals surface area (Å²) in [6.45, 7) is 7.48. The summed E-state index contributed by atoms with van der Waals surface area (Å²) >= 11 is 0. The molecule has 1 aromatic rings. The quantitative estimate of drug-likeness (QED) is 0.796. The second-order valence-electron chi connectivity index (χ2n) is 4.38. The van der Waals surface area contributed by atoms with E-state index in [0.29, 0.717) is 17.8 Å². The lowest BCUT2D eigenvalue weighted by atomic mass is 10.1. The van der Waals surface area contributed by atoms with Crippen molar-refractivity contribution in [1.29, 1.82) is 0 Å². The van der Waals surface area contributed by atoms with E-state index in [0.717, 1.165) is 18.7 Å². The normalized spacial score (nSPS) is 12.8. The zero-order valence-electron chi connectivity index (χ0n) is 10.5. The molecule has 0 aliphatic heterocycles. The Hall–Kier alpha value is -1.16. The van der Waals surface area contributed by atoms with Gasteiger partial charge in [0.1, 0.15) is 5.69 Å². The van der Waals surface area contributed by atoms with Gasteiger partial charge in [-0.3, -0.25) is 4.98 Å². The van der Waals surface area contributed by atoms with Gasteiger partial charge in [-0.1, -0.05) is 20.8 Å². The van der Waals surface area contributed by atoms with Crippen molar-refractivity contribution in [1.82, 2.24) is 15.3 Å². The van der Waals surface area contributed by atoms with Crippen LogP contribution >= 0.6 is 0 Å². The fourth-order valence-corrected chi connectivity index (χ4v) is 1.50. The predicted molar refractivity (Wildman–Crippen MR) is 64.6 cm³/mol. The first-order valence-corrected chi connectivity index (χ1v) is 5.70. The van der Waals surface area contributed by atoms with Crippen LogP contribution in [0.2, 0.25) is 0 Å². The molecule has 0 fully saturated rings. The van der Waals surface area contributed by atoms with Gasteiger partial charge in [-0.25, -0.2) is 4.98 Å². The zero-order chi connectivity index (χ0) is 12.0. The molecule has 0 radical (unpaired) electrons. The summed E-state index contributed by atoms with van der Waals surface area (Å²) in [5.74, 6) is 1.16. The number of nitrogens with zero attached hydrogens (tertiary/aromatic N) is 2. The van der Waals surface area contributed by atoms with E-state index in [1.54, 1.807) is 19.5 Å². The average molecular weight is 223 g/mol. The van der Waals surface area contributed by atoms with Crippen molar-refractivity contribution in [2.24, 2.45) is 5.92 Å². The van der Waals surface area contributed by atoms with Crippen molar-refractivity contribution < 1.29 is 4.74 Å². The maximum Gasteiger partial charge on any atom is 0.235 e. The monoisotopic (exact) mass is 223 g/mol. The Morgan fingerprint density at radius 2 is 1.94 bits per heavy atom. The summed E-state index contributed by atoms with van der Waals surface area (Å²) in [5.41, 5.74) is 0.933. The van der Waals surface area contributed by atoms with Crippen molar-refractivity contribution >= 4 is 0 Å². The molecule has 90 valence electrons. The Kier molecular flexibility index (Phi) is 5.19. The summed E-state index contributed by atoms with van der Waals surface area (Å²) in [5, 5.41) is 3.41. The van der Waals surface area contributed by atoms with Gasteiger partial charge >= 0.3 is 0 Å². The van der Waals surface area contributed by atoms with E-state index in [2.05, 4.69) is 36.1 Å². The highest BCUT2D eigenvalue weighted by atomic mass is 16.5. The molecule has 0 saturated heterocycles. The molecule has 1 aromatic heterocycles. The molecule has 0 aliphatic rings. The van der Waals surface area contributed by atoms with Crippen LogP contribution in [-0.2, 0) is 6.42 Å². The highest BCUT2D eigenvalue weighted by Crippen LogP contribution is 2.14. The fourth-order valence-electron chi connectivity index (χ4n) is 1.50. The first-order chi connectivity index (χ1) is 7.63. The van der Waals surface area contributed by atoms with E-state index in [1.165, 1.54) is 0 Å². The molecule has 0 aliphatic carbocycles. The predicted octanol–water partition coefficient (Wildman–Crippen LogP) is 1.66. The number of methoxy groups -OCH3 is 1. The van der Waals surface area contributed by atoms with Gasteiger partial charge in [0.2, 0.25) is 5.88 Å². The molecular formula is C12H21N3O. The van der Waals surface area contributed by atoms with Gasteiger partial charge in [-0.2, -0.15) is 0 Å². The molecule has 4 nitrogen and oxygen atoms in total. The Labute approximate surface area is 97.5 Å². The van der Waals surface area contributed by atoms with E-state index in [9.17, 15) is 0 Å². The van der Waals surface area contributed by atoms with E-state index >= 15 is 0 Å². The van der Waals surface area contributed by atoms with Gasteiger partial charge in [0.25, 0.3) is 0 Å². The van der Waals surface area contributed by atoms with Gasteiger partial charge in [-0.15, -0.1) is 0 Å². The summed E-state index contributed by atoms with van der Waals surface area (Å²) in [6.07, 6.45) is 4.25. The molecule has 1 N–H and O–H groups in total. The number of ether oxygens (including phenoxy) is 1. The molecule has 1 heterocycles. The van der Waals surface area contributed by atoms with Crippen LogP contribution in [-0.4, -0.2) is 29.7 Å². The van der Waals surface area contributed by atoms with Crippen LogP contribution in [0.25, 0.3) is 0 Å². The summed E-state index contributed by atoms with van der Waals surface area (Å²) in [7, 11) is 1.63. The lowest BCUT2D eigenvalue weighted by Gasteiger charge is -2.15. The second kappa shape index (κ2) is 6.43. The van der Waals surface area contributed by atoms with E-state index in [-0.39, 0.29) is 0 Å². The summed E-state index contributed by atoms with van der Waals surface area (Å²) in [4.78, 5) is 8.44. The number of aromatic nitrogens is 2. The van der Waals surface area contributed by atoms with Crippen LogP contribution < -0.4 is 10.1 Å². The van der Waals surface area contributed by atoms with Crippen LogP contribution in [0, 0.1) is 5.92 Å². The molecule has 0 bridgehead atoms. The van der Waals surface area contributed by atoms with Crippen molar-refractivity contribution in [3.63, 3.8) is 0 Å². The molecule has 0 amide bonds. The molecule has 1 unspecified atom stereocenters. The minimum absolute atomic E-state index is 0.520. The summed E-state index contributed by atoms with van der Waals surface area (Å²) < 4.78 is 5.18. The minimum atomic E-state index is 0.520. The lowest BCUT2D eigenvalue weighted by molar-refractivity contribution is 0.382. The molecule has 0 saturated carbocycles. The van der Waals surface area contributed by atoms with Crippen molar-refractivity contribution in [3.8, 4) is 5.88 Å². The third-order valence-corrected chi connectivity index (χ3v) is 2.35. The SMILES string of the molecule is COc1nccnc1CC(C)CNC(C)C. The first-order valence-electron chi connectivity index (χ1n) is 5.70. The second-order valence-corrected chi connectivity index (χ2v) is 4.38. The summed E-state index contributed by atoms with van der Waals surface area (Å²) in [6, 6.07) is 0.520. The Bertz CT molecular complexity index is 315. The largest absolute Gasteiger partial charge is 0.480 e. The number of nitrogens with one attached hydrogen (secondary N) is 1. The third-order valence-electron chi connectivity index (χ3n) is 2.35. The molecule has 1 rings (SSSR count). The first kappa shape index (κ1) is 12.9. The fraction of sp³-hybridized carbons (Fsp3) is 0.667. The van der Waals surface area contributed by atoms with Gasteiger partial charge < -0.3 is 10.1 Å². The lowest BCUT2D eigenvalue weighted by Crippen LogP contribution is -2.28. The van der Waals surface area contributed by atoms with Gasteiger partial charge in [0, 0.05) is 18.4 Å². The highest BCUT2D eigenvalue weighted by Gasteiger charge is 2.10. The molecular weight excluding hydrogens is 202 g/mol. The van der Waals surface area contributed by atoms with Crippen LogP contribution in [0.15, 0.2) is 12.4 Å². The maximum atomic E-state index is 5.18. The Morgan fingerprint density at radius 1 is 1.25 bits per heavy atom. The van der Waals surface area contributed by atoms with E-state index in [4.69, 9.17) is 4.74 Å². The van der Waals surface area contributed by atoms with Crippen LogP contribution in [0.4, 0.5) is 0 Å². The zero-order valence-corrected chi connectivity index (χ0v) is 10.5. The van der Waals surface area contributed by atoms with Gasteiger partial charge in [0.05, 0.1) is 7.11 Å². The Balaban J connectivity index is 2.51. The van der Waals surface area contributed by atoms with E-state index in [1.807, 2.05) is 0 Å². The van der Waals surface area contributed by atoms with Crippen LogP contribution in [0.1, 0.15) is 26.5 Å². The average Bonchev–Trinajstić information content (AvgIpc) is 2.27. The van der Waals surface area contributed by atoms with Crippen molar-refractivity contribution in [3.05, 3.63) is 18.1 Å². The van der Waals surface area contributed by atoms with Gasteiger partial charge in [0.15, 0.2) is 0 Å². The topological polar surface area (TPSA) is 47.0 Å². The van der Waals surface area contributed by atoms with E-state index < -0.39 is 0 Å². The Morgan fingerprint density at radius 3 is 2.56 bits per heavy atom. The maximum absolute atomic E-state index is 5.18. The minimum Gasteiger partial charge on any atom is -0.480 e. The number of hydrogen-bond acceptors (Lipinski definition) is 4. The van der Waals surface area contributed by atoms with Crippen molar-refractivity contribution in [2.75, 3.05) is 13.7 Å². The van der Waals surface area contributed by atoms with Crippen molar-refractivity contribution in [2.45, 2.75) is 33.2 Å². The molecule has 16 heavy (non-hydrogen) atoms. The van der Waals surface area contributed by atoms with Crippen LogP contribution in [0.3, 0.4) is 0 Å². The third kappa shape index (κ3) is 4.14. The molecule has 0 aromatic carbocycles. The number of rotatable bonds is 6. The van der Waals surface area contributed by atoms with Crippen LogP contribution in [0.5, 0.6) is 5.88 Å².